The largest absolute Gasteiger partial charge is 0.497 e. The van der Waals surface area contributed by atoms with Crippen LogP contribution in [0.2, 0.25) is 0 Å². The third-order valence-electron chi connectivity index (χ3n) is 4.80. The SMILES string of the molecule is COc1cc(F)cc(N2CCC3(CCCC(N)C3)C2=O)c1. The minimum absolute atomic E-state index is 0.0882. The average molecular weight is 292 g/mol. The standard InChI is InChI=1S/C16H21FN2O2/c1-21-14-8-11(17)7-13(9-14)19-6-5-16(15(19)20)4-2-3-12(18)10-16/h7-9,12H,2-6,10,18H2,1H3. The molecular formula is C16H21FN2O2. The van der Waals surface area contributed by atoms with Crippen LogP contribution in [0.1, 0.15) is 32.1 Å². The number of amides is 1. The van der Waals surface area contributed by atoms with Crippen LogP contribution in [0.3, 0.4) is 0 Å². The van der Waals surface area contributed by atoms with Crippen molar-refractivity contribution in [3.05, 3.63) is 24.0 Å². The topological polar surface area (TPSA) is 55.6 Å². The van der Waals surface area contributed by atoms with Crippen LogP contribution in [0, 0.1) is 11.2 Å². The van der Waals surface area contributed by atoms with Gasteiger partial charge in [-0.2, -0.15) is 0 Å². The van der Waals surface area contributed by atoms with Crippen LogP contribution >= 0.6 is 0 Å². The van der Waals surface area contributed by atoms with Gasteiger partial charge in [0.1, 0.15) is 11.6 Å². The number of halogens is 1. The zero-order valence-corrected chi connectivity index (χ0v) is 12.3. The Morgan fingerprint density at radius 2 is 2.19 bits per heavy atom. The quantitative estimate of drug-likeness (QED) is 0.911. The molecular weight excluding hydrogens is 271 g/mol. The Morgan fingerprint density at radius 3 is 2.90 bits per heavy atom. The molecule has 5 heteroatoms. The first-order valence-corrected chi connectivity index (χ1v) is 7.46. The molecule has 1 aromatic carbocycles. The fourth-order valence-corrected chi connectivity index (χ4v) is 3.72. The molecule has 2 fully saturated rings. The van der Waals surface area contributed by atoms with Gasteiger partial charge >= 0.3 is 0 Å². The van der Waals surface area contributed by atoms with Crippen LogP contribution in [0.15, 0.2) is 18.2 Å². The number of nitrogens with two attached hydrogens (primary N) is 1. The maximum absolute atomic E-state index is 13.7. The molecule has 2 unspecified atom stereocenters. The highest BCUT2D eigenvalue weighted by Gasteiger charge is 2.48. The van der Waals surface area contributed by atoms with E-state index in [2.05, 4.69) is 0 Å². The Kier molecular flexibility index (Phi) is 3.61. The van der Waals surface area contributed by atoms with Crippen molar-refractivity contribution in [1.29, 1.82) is 0 Å². The Bertz CT molecular complexity index is 563. The molecule has 0 bridgehead atoms. The van der Waals surface area contributed by atoms with Gasteiger partial charge in [-0.1, -0.05) is 6.42 Å². The Morgan fingerprint density at radius 1 is 1.38 bits per heavy atom. The third kappa shape index (κ3) is 2.50. The van der Waals surface area contributed by atoms with Gasteiger partial charge in [-0.15, -0.1) is 0 Å². The number of rotatable bonds is 2. The predicted octanol–water partition coefficient (Wildman–Crippen LogP) is 2.46. The second-order valence-corrected chi connectivity index (χ2v) is 6.19. The van der Waals surface area contributed by atoms with Crippen molar-refractivity contribution in [1.82, 2.24) is 0 Å². The van der Waals surface area contributed by atoms with Crippen LogP contribution in [0.25, 0.3) is 0 Å². The van der Waals surface area contributed by atoms with E-state index in [9.17, 15) is 9.18 Å². The number of carbonyl (C=O) groups excluding carboxylic acids is 1. The van der Waals surface area contributed by atoms with E-state index in [0.717, 1.165) is 32.1 Å². The molecule has 2 N–H and O–H groups in total. The number of methoxy groups -OCH3 is 1. The van der Waals surface area contributed by atoms with Crippen molar-refractivity contribution in [3.63, 3.8) is 0 Å². The Hall–Kier alpha value is -1.62. The molecule has 1 aromatic rings. The maximum Gasteiger partial charge on any atom is 0.233 e. The van der Waals surface area contributed by atoms with Crippen molar-refractivity contribution < 1.29 is 13.9 Å². The summed E-state index contributed by atoms with van der Waals surface area (Å²) in [5.41, 5.74) is 6.30. The van der Waals surface area contributed by atoms with E-state index in [1.165, 1.54) is 19.2 Å². The molecule has 1 aliphatic heterocycles. The summed E-state index contributed by atoms with van der Waals surface area (Å²) in [6.45, 7) is 0.623. The summed E-state index contributed by atoms with van der Waals surface area (Å²) in [6, 6.07) is 4.52. The lowest BCUT2D eigenvalue weighted by Crippen LogP contribution is -2.42. The lowest BCUT2D eigenvalue weighted by atomic mass is 9.71. The maximum atomic E-state index is 13.7. The lowest BCUT2D eigenvalue weighted by molar-refractivity contribution is -0.127. The molecule has 1 heterocycles. The molecule has 21 heavy (non-hydrogen) atoms. The number of hydrogen-bond donors (Lipinski definition) is 1. The monoisotopic (exact) mass is 292 g/mol. The molecule has 4 nitrogen and oxygen atoms in total. The first kappa shape index (κ1) is 14.3. The Labute approximate surface area is 124 Å². The van der Waals surface area contributed by atoms with E-state index in [1.807, 2.05) is 0 Å². The molecule has 114 valence electrons. The number of carbonyl (C=O) groups is 1. The van der Waals surface area contributed by atoms with Gasteiger partial charge in [0.2, 0.25) is 5.91 Å². The van der Waals surface area contributed by atoms with Gasteiger partial charge in [-0.3, -0.25) is 4.79 Å². The van der Waals surface area contributed by atoms with Gasteiger partial charge < -0.3 is 15.4 Å². The van der Waals surface area contributed by atoms with Crippen molar-refractivity contribution >= 4 is 11.6 Å². The van der Waals surface area contributed by atoms with E-state index in [1.54, 1.807) is 11.0 Å². The first-order valence-electron chi connectivity index (χ1n) is 7.46. The molecule has 0 aromatic heterocycles. The number of benzene rings is 1. The molecule has 1 amide bonds. The van der Waals surface area contributed by atoms with E-state index in [-0.39, 0.29) is 17.4 Å². The molecule has 1 aliphatic carbocycles. The fourth-order valence-electron chi connectivity index (χ4n) is 3.72. The molecule has 1 saturated carbocycles. The van der Waals surface area contributed by atoms with E-state index < -0.39 is 5.82 Å². The van der Waals surface area contributed by atoms with Crippen molar-refractivity contribution in [3.8, 4) is 5.75 Å². The lowest BCUT2D eigenvalue weighted by Gasteiger charge is -2.35. The zero-order valence-electron chi connectivity index (χ0n) is 12.3. The summed E-state index contributed by atoms with van der Waals surface area (Å²) in [7, 11) is 1.49. The van der Waals surface area contributed by atoms with Crippen LogP contribution in [0.4, 0.5) is 10.1 Å². The number of hydrogen-bond acceptors (Lipinski definition) is 3. The highest BCUT2D eigenvalue weighted by molar-refractivity contribution is 6.00. The van der Waals surface area contributed by atoms with Crippen molar-refractivity contribution in [2.75, 3.05) is 18.6 Å². The summed E-state index contributed by atoms with van der Waals surface area (Å²) >= 11 is 0. The summed E-state index contributed by atoms with van der Waals surface area (Å²) in [5.74, 6) is 0.128. The minimum atomic E-state index is -0.390. The van der Waals surface area contributed by atoms with Gasteiger partial charge in [0.25, 0.3) is 0 Å². The van der Waals surface area contributed by atoms with Crippen LogP contribution in [-0.4, -0.2) is 25.6 Å². The normalized spacial score (nSPS) is 29.2. The van der Waals surface area contributed by atoms with Crippen molar-refractivity contribution in [2.24, 2.45) is 11.1 Å². The first-order chi connectivity index (χ1) is 10.0. The van der Waals surface area contributed by atoms with Crippen LogP contribution in [-0.2, 0) is 4.79 Å². The minimum Gasteiger partial charge on any atom is -0.497 e. The second kappa shape index (κ2) is 5.30. The van der Waals surface area contributed by atoms with Gasteiger partial charge in [-0.25, -0.2) is 4.39 Å². The van der Waals surface area contributed by atoms with E-state index in [0.29, 0.717) is 18.0 Å². The van der Waals surface area contributed by atoms with Crippen LogP contribution in [0.5, 0.6) is 5.75 Å². The summed E-state index contributed by atoms with van der Waals surface area (Å²) < 4.78 is 18.7. The summed E-state index contributed by atoms with van der Waals surface area (Å²) in [6.07, 6.45) is 4.42. The molecule has 0 radical (unpaired) electrons. The van der Waals surface area contributed by atoms with Gasteiger partial charge in [-0.05, 0) is 31.7 Å². The van der Waals surface area contributed by atoms with Gasteiger partial charge in [0, 0.05) is 24.7 Å². The van der Waals surface area contributed by atoms with E-state index >= 15 is 0 Å². The van der Waals surface area contributed by atoms with Gasteiger partial charge in [0.15, 0.2) is 0 Å². The van der Waals surface area contributed by atoms with Crippen LogP contribution < -0.4 is 15.4 Å². The smallest absolute Gasteiger partial charge is 0.233 e. The molecule has 1 spiro atoms. The zero-order chi connectivity index (χ0) is 15.0. The fraction of sp³-hybridized carbons (Fsp3) is 0.562. The van der Waals surface area contributed by atoms with Crippen molar-refractivity contribution in [2.45, 2.75) is 38.1 Å². The molecule has 2 aliphatic rings. The molecule has 2 atom stereocenters. The second-order valence-electron chi connectivity index (χ2n) is 6.19. The number of anilines is 1. The summed E-state index contributed by atoms with van der Waals surface area (Å²) in [5, 5.41) is 0. The predicted molar refractivity (Wildman–Crippen MR) is 78.8 cm³/mol. The highest BCUT2D eigenvalue weighted by atomic mass is 19.1. The average Bonchev–Trinajstić information content (AvgIpc) is 2.75. The third-order valence-corrected chi connectivity index (χ3v) is 4.80. The summed E-state index contributed by atoms with van der Waals surface area (Å²) in [4.78, 5) is 14.5. The Balaban J connectivity index is 1.88. The highest BCUT2D eigenvalue weighted by Crippen LogP contribution is 2.45. The number of nitrogens with zero attached hydrogens (tertiary/aromatic N) is 1. The van der Waals surface area contributed by atoms with Gasteiger partial charge in [0.05, 0.1) is 18.2 Å². The molecule has 3 rings (SSSR count). The molecule has 1 saturated heterocycles. The number of ether oxygens (including phenoxy) is 1. The van der Waals surface area contributed by atoms with E-state index in [4.69, 9.17) is 10.5 Å².